The zero-order valence-electron chi connectivity index (χ0n) is 16.6. The SMILES string of the molecule is CNCC1CC1C#CC#Cc1ccc(C(=O)N[C@H](C(C)=O)[C@](C)(O)C(F)F)cc1. The second kappa shape index (κ2) is 9.65. The van der Waals surface area contributed by atoms with Crippen molar-refractivity contribution in [3.8, 4) is 23.7 Å². The summed E-state index contributed by atoms with van der Waals surface area (Å²) >= 11 is 0. The first-order valence-electron chi connectivity index (χ1n) is 9.24. The Hall–Kier alpha value is -2.74. The Morgan fingerprint density at radius 2 is 1.93 bits per heavy atom. The molecule has 154 valence electrons. The third-order valence-electron chi connectivity index (χ3n) is 4.77. The number of carbonyl (C=O) groups is 2. The van der Waals surface area contributed by atoms with Gasteiger partial charge in [-0.25, -0.2) is 8.78 Å². The molecule has 0 heterocycles. The number of ketones is 1. The van der Waals surface area contributed by atoms with Gasteiger partial charge < -0.3 is 15.7 Å². The lowest BCUT2D eigenvalue weighted by atomic mass is 9.93. The molecule has 0 radical (unpaired) electrons. The van der Waals surface area contributed by atoms with Gasteiger partial charge in [0.25, 0.3) is 12.3 Å². The van der Waals surface area contributed by atoms with E-state index >= 15 is 0 Å². The molecule has 1 amide bonds. The molecule has 0 aliphatic heterocycles. The number of carbonyl (C=O) groups excluding carboxylic acids is 2. The summed E-state index contributed by atoms with van der Waals surface area (Å²) in [6.07, 6.45) is -2.11. The van der Waals surface area contributed by atoms with E-state index in [4.69, 9.17) is 0 Å². The molecule has 5 nitrogen and oxygen atoms in total. The van der Waals surface area contributed by atoms with E-state index in [1.54, 1.807) is 12.1 Å². The largest absolute Gasteiger partial charge is 0.382 e. The second-order valence-corrected chi connectivity index (χ2v) is 7.30. The summed E-state index contributed by atoms with van der Waals surface area (Å²) in [5, 5.41) is 15.1. The summed E-state index contributed by atoms with van der Waals surface area (Å²) in [7, 11) is 1.91. The summed E-state index contributed by atoms with van der Waals surface area (Å²) in [5.74, 6) is 11.1. The molecule has 2 unspecified atom stereocenters. The Morgan fingerprint density at radius 1 is 1.28 bits per heavy atom. The van der Waals surface area contributed by atoms with Crippen LogP contribution >= 0.6 is 0 Å². The average molecular weight is 402 g/mol. The van der Waals surface area contributed by atoms with Gasteiger partial charge in [0.1, 0.15) is 11.6 Å². The third-order valence-corrected chi connectivity index (χ3v) is 4.77. The third kappa shape index (κ3) is 6.12. The first-order chi connectivity index (χ1) is 13.7. The predicted molar refractivity (Wildman–Crippen MR) is 105 cm³/mol. The van der Waals surface area contributed by atoms with Gasteiger partial charge >= 0.3 is 0 Å². The molecule has 1 aromatic carbocycles. The van der Waals surface area contributed by atoms with Gasteiger partial charge in [-0.1, -0.05) is 11.8 Å². The van der Waals surface area contributed by atoms with E-state index in [1.807, 2.05) is 7.05 Å². The maximum atomic E-state index is 13.0. The molecule has 29 heavy (non-hydrogen) atoms. The molecule has 0 bridgehead atoms. The van der Waals surface area contributed by atoms with E-state index < -0.39 is 29.8 Å². The number of hydrogen-bond donors (Lipinski definition) is 3. The molecule has 1 aromatic rings. The van der Waals surface area contributed by atoms with Crippen molar-refractivity contribution in [3.63, 3.8) is 0 Å². The van der Waals surface area contributed by atoms with E-state index in [2.05, 4.69) is 34.3 Å². The van der Waals surface area contributed by atoms with E-state index in [-0.39, 0.29) is 5.56 Å². The van der Waals surface area contributed by atoms with Crippen LogP contribution in [0.25, 0.3) is 0 Å². The highest BCUT2D eigenvalue weighted by Gasteiger charge is 2.44. The van der Waals surface area contributed by atoms with Crippen LogP contribution in [-0.2, 0) is 4.79 Å². The normalized spacial score (nSPS) is 20.4. The Morgan fingerprint density at radius 3 is 2.48 bits per heavy atom. The monoisotopic (exact) mass is 402 g/mol. The van der Waals surface area contributed by atoms with Gasteiger partial charge in [0, 0.05) is 17.0 Å². The highest BCUT2D eigenvalue weighted by Crippen LogP contribution is 2.36. The van der Waals surface area contributed by atoms with Crippen LogP contribution < -0.4 is 10.6 Å². The van der Waals surface area contributed by atoms with Crippen molar-refractivity contribution in [2.45, 2.75) is 38.3 Å². The standard InChI is InChI=1S/C22H24F2N2O3/c1-14(27)19(22(2,29)21(23)24)26-20(28)16-10-8-15(9-11-16)6-4-5-7-17-12-18(17)13-25-3/h8-11,17-19,21,25,29H,12-13H2,1-3H3,(H,26,28)/t17?,18?,19-,22+/m1/s1. The number of aliphatic hydroxyl groups is 1. The maximum Gasteiger partial charge on any atom is 0.269 e. The summed E-state index contributed by atoms with van der Waals surface area (Å²) < 4.78 is 26.0. The second-order valence-electron chi connectivity index (χ2n) is 7.30. The number of hydrogen-bond acceptors (Lipinski definition) is 4. The van der Waals surface area contributed by atoms with E-state index in [0.29, 0.717) is 17.4 Å². The summed E-state index contributed by atoms with van der Waals surface area (Å²) in [5.41, 5.74) is -1.87. The van der Waals surface area contributed by atoms with Crippen LogP contribution in [0.4, 0.5) is 8.78 Å². The molecule has 2 rings (SSSR count). The van der Waals surface area contributed by atoms with Crippen molar-refractivity contribution in [1.29, 1.82) is 0 Å². The molecule has 0 spiro atoms. The number of nitrogens with one attached hydrogen (secondary N) is 2. The molecule has 7 heteroatoms. The number of alkyl halides is 2. The first-order valence-corrected chi connectivity index (χ1v) is 9.24. The molecular formula is C22H24F2N2O3. The Labute approximate surface area is 169 Å². The summed E-state index contributed by atoms with van der Waals surface area (Å²) in [4.78, 5) is 23.9. The number of halogens is 2. The lowest BCUT2D eigenvalue weighted by molar-refractivity contribution is -0.138. The van der Waals surface area contributed by atoms with Crippen molar-refractivity contribution in [2.24, 2.45) is 11.8 Å². The van der Waals surface area contributed by atoms with Gasteiger partial charge in [-0.15, -0.1) is 0 Å². The van der Waals surface area contributed by atoms with Gasteiger partial charge in [-0.3, -0.25) is 9.59 Å². The highest BCUT2D eigenvalue weighted by molar-refractivity contribution is 5.98. The van der Waals surface area contributed by atoms with E-state index in [9.17, 15) is 23.5 Å². The zero-order chi connectivity index (χ0) is 21.6. The first kappa shape index (κ1) is 22.5. The van der Waals surface area contributed by atoms with Gasteiger partial charge in [-0.05, 0) is 75.9 Å². The maximum absolute atomic E-state index is 13.0. The summed E-state index contributed by atoms with van der Waals surface area (Å²) in [6.45, 7) is 2.80. The predicted octanol–water partition coefficient (Wildman–Crippen LogP) is 1.60. The van der Waals surface area contributed by atoms with Crippen molar-refractivity contribution in [1.82, 2.24) is 10.6 Å². The molecule has 1 saturated carbocycles. The number of Topliss-reactive ketones (excluding diaryl/α,β-unsaturated/α-hetero) is 1. The van der Waals surface area contributed by atoms with Crippen LogP contribution in [-0.4, -0.2) is 48.5 Å². The average Bonchev–Trinajstić information content (AvgIpc) is 3.41. The molecule has 0 saturated heterocycles. The Kier molecular flexibility index (Phi) is 7.50. The molecule has 1 aliphatic carbocycles. The van der Waals surface area contributed by atoms with Gasteiger partial charge in [-0.2, -0.15) is 0 Å². The lowest BCUT2D eigenvalue weighted by Gasteiger charge is -2.30. The molecular weight excluding hydrogens is 378 g/mol. The molecule has 4 atom stereocenters. The van der Waals surface area contributed by atoms with E-state index in [0.717, 1.165) is 26.8 Å². The lowest BCUT2D eigenvalue weighted by Crippen LogP contribution is -2.58. The molecule has 3 N–H and O–H groups in total. The molecule has 1 fully saturated rings. The van der Waals surface area contributed by atoms with Crippen LogP contribution in [0.5, 0.6) is 0 Å². The number of rotatable bonds is 7. The molecule has 1 aliphatic rings. The zero-order valence-corrected chi connectivity index (χ0v) is 16.6. The smallest absolute Gasteiger partial charge is 0.269 e. The van der Waals surface area contributed by atoms with Crippen LogP contribution in [0, 0.1) is 35.5 Å². The van der Waals surface area contributed by atoms with E-state index in [1.165, 1.54) is 12.1 Å². The Bertz CT molecular complexity index is 873. The van der Waals surface area contributed by atoms with Gasteiger partial charge in [0.05, 0.1) is 0 Å². The quantitative estimate of drug-likeness (QED) is 0.606. The fraction of sp³-hybridized carbons (Fsp3) is 0.455. The highest BCUT2D eigenvalue weighted by atomic mass is 19.3. The van der Waals surface area contributed by atoms with Crippen molar-refractivity contribution < 1.29 is 23.5 Å². The topological polar surface area (TPSA) is 78.4 Å². The fourth-order valence-corrected chi connectivity index (χ4v) is 2.85. The summed E-state index contributed by atoms with van der Waals surface area (Å²) in [6, 6.07) is 4.39. The fourth-order valence-electron chi connectivity index (χ4n) is 2.85. The number of amides is 1. The van der Waals surface area contributed by atoms with Crippen LogP contribution in [0.3, 0.4) is 0 Å². The van der Waals surface area contributed by atoms with Crippen molar-refractivity contribution >= 4 is 11.7 Å². The minimum Gasteiger partial charge on any atom is -0.382 e. The Balaban J connectivity index is 1.99. The minimum absolute atomic E-state index is 0.158. The van der Waals surface area contributed by atoms with Gasteiger partial charge in [0.15, 0.2) is 5.78 Å². The van der Waals surface area contributed by atoms with Gasteiger partial charge in [0.2, 0.25) is 0 Å². The van der Waals surface area contributed by atoms with Crippen molar-refractivity contribution in [3.05, 3.63) is 35.4 Å². The number of benzene rings is 1. The van der Waals surface area contributed by atoms with Crippen LogP contribution in [0.15, 0.2) is 24.3 Å². The van der Waals surface area contributed by atoms with Crippen LogP contribution in [0.2, 0.25) is 0 Å². The molecule has 0 aromatic heterocycles. The minimum atomic E-state index is -3.19. The van der Waals surface area contributed by atoms with Crippen molar-refractivity contribution in [2.75, 3.05) is 13.6 Å². The van der Waals surface area contributed by atoms with Crippen LogP contribution in [0.1, 0.15) is 36.2 Å².